The van der Waals surface area contributed by atoms with Crippen molar-refractivity contribution in [2.75, 3.05) is 13.2 Å². The van der Waals surface area contributed by atoms with Gasteiger partial charge in [0.25, 0.3) is 11.8 Å². The minimum absolute atomic E-state index is 0.194. The molecule has 144 valence electrons. The van der Waals surface area contributed by atoms with E-state index in [1.165, 1.54) is 5.56 Å². The van der Waals surface area contributed by atoms with E-state index in [4.69, 9.17) is 9.47 Å². The highest BCUT2D eigenvalue weighted by Gasteiger charge is 2.08. The van der Waals surface area contributed by atoms with Crippen LogP contribution in [0.5, 0.6) is 11.5 Å². The van der Waals surface area contributed by atoms with E-state index in [1.807, 2.05) is 50.2 Å². The van der Waals surface area contributed by atoms with Crippen molar-refractivity contribution in [3.63, 3.8) is 0 Å². The van der Waals surface area contributed by atoms with Gasteiger partial charge in [-0.1, -0.05) is 32.0 Å². The van der Waals surface area contributed by atoms with Crippen LogP contribution < -0.4 is 20.3 Å². The summed E-state index contributed by atoms with van der Waals surface area (Å²) in [5, 5.41) is 0. The monoisotopic (exact) mass is 370 g/mol. The number of hydrogen-bond donors (Lipinski definition) is 2. The molecule has 0 aliphatic rings. The number of amides is 2. The first-order valence-electron chi connectivity index (χ1n) is 8.85. The molecule has 0 aromatic heterocycles. The number of carbonyl (C=O) groups is 2. The van der Waals surface area contributed by atoms with Gasteiger partial charge in [-0.15, -0.1) is 0 Å². The predicted octanol–water partition coefficient (Wildman–Crippen LogP) is 3.03. The number of benzene rings is 2. The molecule has 0 saturated heterocycles. The molecule has 6 nitrogen and oxygen atoms in total. The second-order valence-corrected chi connectivity index (χ2v) is 6.66. The Morgan fingerprint density at radius 3 is 2.00 bits per heavy atom. The standard InChI is InChI=1S/C21H26N2O4/c1-14(2)19-9-8-18(11-16(19)4)27-13-21(25)23-22-20(24)12-26-17-7-5-6-15(3)10-17/h5-11,14H,12-13H2,1-4H3,(H,22,24)(H,23,25). The summed E-state index contributed by atoms with van der Waals surface area (Å²) in [5.41, 5.74) is 7.99. The molecule has 0 spiro atoms. The summed E-state index contributed by atoms with van der Waals surface area (Å²) in [7, 11) is 0. The normalized spacial score (nSPS) is 10.4. The highest BCUT2D eigenvalue weighted by atomic mass is 16.5. The Labute approximate surface area is 159 Å². The van der Waals surface area contributed by atoms with Crippen LogP contribution >= 0.6 is 0 Å². The van der Waals surface area contributed by atoms with Crippen LogP contribution in [0.3, 0.4) is 0 Å². The highest BCUT2D eigenvalue weighted by molar-refractivity contribution is 5.83. The molecule has 0 radical (unpaired) electrons. The fourth-order valence-electron chi connectivity index (χ4n) is 2.60. The largest absolute Gasteiger partial charge is 0.484 e. The Morgan fingerprint density at radius 1 is 0.889 bits per heavy atom. The van der Waals surface area contributed by atoms with Gasteiger partial charge in [-0.3, -0.25) is 20.4 Å². The van der Waals surface area contributed by atoms with Crippen LogP contribution in [0, 0.1) is 13.8 Å². The van der Waals surface area contributed by atoms with Crippen LogP contribution in [0.4, 0.5) is 0 Å². The van der Waals surface area contributed by atoms with Crippen molar-refractivity contribution in [2.24, 2.45) is 0 Å². The lowest BCUT2D eigenvalue weighted by atomic mass is 9.98. The van der Waals surface area contributed by atoms with Crippen molar-refractivity contribution in [3.8, 4) is 11.5 Å². The third-order valence-corrected chi connectivity index (χ3v) is 3.93. The van der Waals surface area contributed by atoms with E-state index in [2.05, 4.69) is 24.7 Å². The molecule has 0 heterocycles. The maximum absolute atomic E-state index is 11.8. The minimum atomic E-state index is -0.456. The van der Waals surface area contributed by atoms with Gasteiger partial charge in [-0.2, -0.15) is 0 Å². The molecule has 0 aliphatic carbocycles. The van der Waals surface area contributed by atoms with Crippen LogP contribution in [-0.2, 0) is 9.59 Å². The van der Waals surface area contributed by atoms with E-state index < -0.39 is 11.8 Å². The summed E-state index contributed by atoms with van der Waals surface area (Å²) in [6.07, 6.45) is 0. The molecular formula is C21H26N2O4. The van der Waals surface area contributed by atoms with Gasteiger partial charge in [0.15, 0.2) is 13.2 Å². The van der Waals surface area contributed by atoms with Gasteiger partial charge in [-0.05, 0) is 60.7 Å². The number of rotatable bonds is 7. The number of nitrogens with one attached hydrogen (secondary N) is 2. The lowest BCUT2D eigenvalue weighted by Gasteiger charge is -2.13. The molecule has 6 heteroatoms. The van der Waals surface area contributed by atoms with Crippen molar-refractivity contribution in [1.29, 1.82) is 0 Å². The quantitative estimate of drug-likeness (QED) is 0.735. The van der Waals surface area contributed by atoms with E-state index in [9.17, 15) is 9.59 Å². The molecule has 0 aliphatic heterocycles. The van der Waals surface area contributed by atoms with Crippen molar-refractivity contribution in [3.05, 3.63) is 59.2 Å². The number of hydrazine groups is 1. The SMILES string of the molecule is Cc1cccc(OCC(=O)NNC(=O)COc2ccc(C(C)C)c(C)c2)c1. The van der Waals surface area contributed by atoms with Crippen LogP contribution in [0.25, 0.3) is 0 Å². The van der Waals surface area contributed by atoms with Gasteiger partial charge in [-0.25, -0.2) is 0 Å². The average molecular weight is 370 g/mol. The Morgan fingerprint density at radius 2 is 1.48 bits per heavy atom. The van der Waals surface area contributed by atoms with Crippen molar-refractivity contribution in [2.45, 2.75) is 33.6 Å². The topological polar surface area (TPSA) is 76.7 Å². The highest BCUT2D eigenvalue weighted by Crippen LogP contribution is 2.23. The van der Waals surface area contributed by atoms with Gasteiger partial charge >= 0.3 is 0 Å². The third kappa shape index (κ3) is 6.66. The molecule has 0 fully saturated rings. The first-order valence-corrected chi connectivity index (χ1v) is 8.85. The number of hydrogen-bond acceptors (Lipinski definition) is 4. The zero-order valence-corrected chi connectivity index (χ0v) is 16.2. The summed E-state index contributed by atoms with van der Waals surface area (Å²) in [6, 6.07) is 13.1. The van der Waals surface area contributed by atoms with Crippen molar-refractivity contribution < 1.29 is 19.1 Å². The van der Waals surface area contributed by atoms with E-state index in [0.29, 0.717) is 17.4 Å². The molecule has 0 saturated carbocycles. The average Bonchev–Trinajstić information content (AvgIpc) is 2.62. The van der Waals surface area contributed by atoms with E-state index in [-0.39, 0.29) is 13.2 Å². The fourth-order valence-corrected chi connectivity index (χ4v) is 2.60. The molecule has 0 unspecified atom stereocenters. The van der Waals surface area contributed by atoms with Crippen LogP contribution in [0.1, 0.15) is 36.5 Å². The van der Waals surface area contributed by atoms with Crippen LogP contribution in [-0.4, -0.2) is 25.0 Å². The van der Waals surface area contributed by atoms with E-state index in [1.54, 1.807) is 6.07 Å². The lowest BCUT2D eigenvalue weighted by molar-refractivity contribution is -0.131. The lowest BCUT2D eigenvalue weighted by Crippen LogP contribution is -2.45. The molecule has 27 heavy (non-hydrogen) atoms. The molecular weight excluding hydrogens is 344 g/mol. The number of aryl methyl sites for hydroxylation is 2. The van der Waals surface area contributed by atoms with Gasteiger partial charge < -0.3 is 9.47 Å². The van der Waals surface area contributed by atoms with Gasteiger partial charge in [0.2, 0.25) is 0 Å². The van der Waals surface area contributed by atoms with Crippen molar-refractivity contribution in [1.82, 2.24) is 10.9 Å². The Kier molecular flexibility index (Phi) is 7.23. The summed E-state index contributed by atoms with van der Waals surface area (Å²) in [5.74, 6) is 0.729. The molecule has 2 rings (SSSR count). The summed E-state index contributed by atoms with van der Waals surface area (Å²) in [6.45, 7) is 7.81. The Hall–Kier alpha value is -3.02. The van der Waals surface area contributed by atoms with E-state index in [0.717, 1.165) is 11.1 Å². The Bertz CT molecular complexity index is 803. The second-order valence-electron chi connectivity index (χ2n) is 6.66. The molecule has 2 aromatic carbocycles. The summed E-state index contributed by atoms with van der Waals surface area (Å²) < 4.78 is 10.8. The summed E-state index contributed by atoms with van der Waals surface area (Å²) in [4.78, 5) is 23.5. The molecule has 2 N–H and O–H groups in total. The fraction of sp³-hybridized carbons (Fsp3) is 0.333. The zero-order valence-electron chi connectivity index (χ0n) is 16.2. The molecule has 0 bridgehead atoms. The maximum Gasteiger partial charge on any atom is 0.276 e. The summed E-state index contributed by atoms with van der Waals surface area (Å²) >= 11 is 0. The molecule has 2 amide bonds. The first kappa shape index (κ1) is 20.3. The van der Waals surface area contributed by atoms with Crippen molar-refractivity contribution >= 4 is 11.8 Å². The smallest absolute Gasteiger partial charge is 0.276 e. The minimum Gasteiger partial charge on any atom is -0.484 e. The Balaban J connectivity index is 1.71. The second kappa shape index (κ2) is 9.62. The predicted molar refractivity (Wildman–Crippen MR) is 104 cm³/mol. The van der Waals surface area contributed by atoms with Gasteiger partial charge in [0.1, 0.15) is 11.5 Å². The van der Waals surface area contributed by atoms with E-state index >= 15 is 0 Å². The van der Waals surface area contributed by atoms with Crippen LogP contribution in [0.15, 0.2) is 42.5 Å². The molecule has 0 atom stereocenters. The first-order chi connectivity index (χ1) is 12.8. The third-order valence-electron chi connectivity index (χ3n) is 3.93. The maximum atomic E-state index is 11.8. The number of ether oxygens (including phenoxy) is 2. The van der Waals surface area contributed by atoms with Crippen LogP contribution in [0.2, 0.25) is 0 Å². The number of carbonyl (C=O) groups excluding carboxylic acids is 2. The molecule has 2 aromatic rings. The zero-order chi connectivity index (χ0) is 19.8. The van der Waals surface area contributed by atoms with Gasteiger partial charge in [0, 0.05) is 0 Å². The van der Waals surface area contributed by atoms with Gasteiger partial charge in [0.05, 0.1) is 0 Å².